The van der Waals surface area contributed by atoms with Crippen LogP contribution in [0.2, 0.25) is 0 Å². The van der Waals surface area contributed by atoms with Crippen molar-refractivity contribution in [2.24, 2.45) is 5.92 Å². The van der Waals surface area contributed by atoms with Crippen molar-refractivity contribution in [2.75, 3.05) is 19.7 Å². The first kappa shape index (κ1) is 25.6. The maximum absolute atomic E-state index is 13.7. The molecule has 0 aliphatic carbocycles. The van der Waals surface area contributed by atoms with Crippen molar-refractivity contribution in [3.63, 3.8) is 0 Å². The Kier molecular flexibility index (Phi) is 8.04. The number of halogens is 4. The number of hydrogen-bond acceptors (Lipinski definition) is 7. The number of carboxylic acids is 1. The fraction of sp³-hybridized carbons (Fsp3) is 0.381. The summed E-state index contributed by atoms with van der Waals surface area (Å²) in [6.45, 7) is -0.790. The molecule has 2 N–H and O–H groups in total. The monoisotopic (exact) mass is 501 g/mol. The molecule has 14 heteroatoms. The predicted molar refractivity (Wildman–Crippen MR) is 106 cm³/mol. The second kappa shape index (κ2) is 11.0. The smallest absolute Gasteiger partial charge is 0.305 e. The number of piperidine rings is 1. The zero-order chi connectivity index (χ0) is 25.7. The van der Waals surface area contributed by atoms with E-state index in [1.165, 1.54) is 17.2 Å². The Morgan fingerprint density at radius 2 is 1.77 bits per heavy atom. The van der Waals surface area contributed by atoms with E-state index in [0.29, 0.717) is 0 Å². The van der Waals surface area contributed by atoms with Gasteiger partial charge in [0.1, 0.15) is 18.9 Å². The summed E-state index contributed by atoms with van der Waals surface area (Å²) >= 11 is 0. The third kappa shape index (κ3) is 6.13. The Balaban J connectivity index is 1.59. The molecule has 1 aliphatic rings. The topological polar surface area (TPSA) is 139 Å². The minimum Gasteiger partial charge on any atom is -0.481 e. The summed E-state index contributed by atoms with van der Waals surface area (Å²) in [5.41, 5.74) is 0.103. The second-order valence-electron chi connectivity index (χ2n) is 7.66. The molecule has 3 rings (SSSR count). The molecule has 10 nitrogen and oxygen atoms in total. The quantitative estimate of drug-likeness (QED) is 0.391. The van der Waals surface area contributed by atoms with Gasteiger partial charge in [-0.05, 0) is 12.8 Å². The Bertz CT molecular complexity index is 1090. The third-order valence-electron chi connectivity index (χ3n) is 5.32. The van der Waals surface area contributed by atoms with Crippen molar-refractivity contribution in [3.05, 3.63) is 47.4 Å². The first-order valence-electron chi connectivity index (χ1n) is 10.3. The zero-order valence-corrected chi connectivity index (χ0v) is 17.9. The number of Topliss-reactive ketones (excluding diaryl/α,β-unsaturated/α-hetero) is 1. The van der Waals surface area contributed by atoms with Gasteiger partial charge in [-0.1, -0.05) is 5.16 Å². The van der Waals surface area contributed by atoms with E-state index >= 15 is 0 Å². The van der Waals surface area contributed by atoms with Gasteiger partial charge in [-0.15, -0.1) is 0 Å². The number of carbonyl (C=O) groups is 4. The molecule has 2 heterocycles. The Morgan fingerprint density at radius 3 is 2.31 bits per heavy atom. The second-order valence-corrected chi connectivity index (χ2v) is 7.66. The third-order valence-corrected chi connectivity index (χ3v) is 5.32. The van der Waals surface area contributed by atoms with Crippen LogP contribution >= 0.6 is 0 Å². The van der Waals surface area contributed by atoms with Crippen LogP contribution in [0.5, 0.6) is 5.75 Å². The lowest BCUT2D eigenvalue weighted by Crippen LogP contribution is -2.49. The van der Waals surface area contributed by atoms with Gasteiger partial charge < -0.3 is 24.6 Å². The number of nitrogens with one attached hydrogen (secondary N) is 1. The maximum atomic E-state index is 13.7. The number of amides is 2. The molecule has 2 amide bonds. The van der Waals surface area contributed by atoms with E-state index < -0.39 is 71.7 Å². The highest BCUT2D eigenvalue weighted by atomic mass is 19.2. The largest absolute Gasteiger partial charge is 0.481 e. The van der Waals surface area contributed by atoms with E-state index in [4.69, 9.17) is 5.11 Å². The van der Waals surface area contributed by atoms with Crippen LogP contribution in [-0.4, -0.2) is 64.5 Å². The van der Waals surface area contributed by atoms with Gasteiger partial charge in [0.15, 0.2) is 28.9 Å². The van der Waals surface area contributed by atoms with Gasteiger partial charge in [-0.3, -0.25) is 19.2 Å². The molecular formula is C21H19F4N3O7. The van der Waals surface area contributed by atoms with Crippen LogP contribution in [0.25, 0.3) is 0 Å². The summed E-state index contributed by atoms with van der Waals surface area (Å²) in [5.74, 6) is -13.0. The minimum atomic E-state index is -1.87. The van der Waals surface area contributed by atoms with E-state index in [-0.39, 0.29) is 43.6 Å². The summed E-state index contributed by atoms with van der Waals surface area (Å²) in [4.78, 5) is 49.9. The van der Waals surface area contributed by atoms with E-state index in [0.717, 1.165) is 0 Å². The van der Waals surface area contributed by atoms with Crippen LogP contribution in [0.3, 0.4) is 0 Å². The van der Waals surface area contributed by atoms with Crippen LogP contribution in [0, 0.1) is 29.2 Å². The van der Waals surface area contributed by atoms with Gasteiger partial charge in [-0.25, -0.2) is 8.78 Å². The summed E-state index contributed by atoms with van der Waals surface area (Å²) in [7, 11) is 0. The number of ether oxygens (including phenoxy) is 1. The number of aromatic nitrogens is 1. The summed E-state index contributed by atoms with van der Waals surface area (Å²) in [6, 6.07) is -0.294. The molecular weight excluding hydrogens is 482 g/mol. The van der Waals surface area contributed by atoms with Crippen LogP contribution in [0.4, 0.5) is 17.6 Å². The van der Waals surface area contributed by atoms with Gasteiger partial charge in [0.05, 0.1) is 6.42 Å². The van der Waals surface area contributed by atoms with E-state index in [1.807, 2.05) is 0 Å². The van der Waals surface area contributed by atoms with Gasteiger partial charge in [-0.2, -0.15) is 8.78 Å². The molecule has 1 saturated heterocycles. The Hall–Kier alpha value is -3.97. The molecule has 0 bridgehead atoms. The van der Waals surface area contributed by atoms with Gasteiger partial charge in [0.2, 0.25) is 17.5 Å². The molecule has 1 aromatic carbocycles. The highest BCUT2D eigenvalue weighted by molar-refractivity contribution is 5.94. The van der Waals surface area contributed by atoms with Crippen molar-refractivity contribution >= 4 is 23.6 Å². The highest BCUT2D eigenvalue weighted by Gasteiger charge is 2.32. The first-order valence-corrected chi connectivity index (χ1v) is 10.3. The van der Waals surface area contributed by atoms with Crippen LogP contribution < -0.4 is 10.1 Å². The number of carboxylic acid groups (broad SMARTS) is 1. The number of ketones is 1. The predicted octanol–water partition coefficient (Wildman–Crippen LogP) is 1.69. The number of hydrogen-bond donors (Lipinski definition) is 2. The number of carbonyl (C=O) groups excluding carboxylic acids is 3. The summed E-state index contributed by atoms with van der Waals surface area (Å²) in [6.07, 6.45) is 0.780. The molecule has 1 fully saturated rings. The number of benzene rings is 1. The molecule has 1 aromatic heterocycles. The number of nitrogens with zero attached hydrogens (tertiary/aromatic N) is 2. The van der Waals surface area contributed by atoms with E-state index in [2.05, 4.69) is 19.7 Å². The SMILES string of the molecule is O=C(O)C[C@H](NC(=O)C1CCN(C(=O)c2ccon2)CC1)C(=O)COc1c(F)c(F)cc(F)c1F. The van der Waals surface area contributed by atoms with Crippen molar-refractivity contribution in [1.29, 1.82) is 0 Å². The molecule has 188 valence electrons. The minimum absolute atomic E-state index is 0.0443. The first-order chi connectivity index (χ1) is 16.6. The van der Waals surface area contributed by atoms with Gasteiger partial charge >= 0.3 is 5.97 Å². The molecule has 0 spiro atoms. The highest BCUT2D eigenvalue weighted by Crippen LogP contribution is 2.26. The van der Waals surface area contributed by atoms with Crippen molar-refractivity contribution in [2.45, 2.75) is 25.3 Å². The lowest BCUT2D eigenvalue weighted by Gasteiger charge is -2.31. The number of likely N-dealkylation sites (tertiary alicyclic amines) is 1. The number of rotatable bonds is 9. The average Bonchev–Trinajstić information content (AvgIpc) is 3.36. The lowest BCUT2D eigenvalue weighted by molar-refractivity contribution is -0.141. The molecule has 0 saturated carbocycles. The van der Waals surface area contributed by atoms with Gasteiger partial charge in [0, 0.05) is 31.1 Å². The maximum Gasteiger partial charge on any atom is 0.305 e. The molecule has 35 heavy (non-hydrogen) atoms. The van der Waals surface area contributed by atoms with E-state index in [1.54, 1.807) is 0 Å². The molecule has 1 aliphatic heterocycles. The Labute approximate surface area is 194 Å². The van der Waals surface area contributed by atoms with Crippen molar-refractivity contribution in [3.8, 4) is 5.75 Å². The average molecular weight is 501 g/mol. The zero-order valence-electron chi connectivity index (χ0n) is 17.9. The summed E-state index contributed by atoms with van der Waals surface area (Å²) < 4.78 is 63.2. The fourth-order valence-corrected chi connectivity index (χ4v) is 3.46. The van der Waals surface area contributed by atoms with Crippen LogP contribution in [-0.2, 0) is 14.4 Å². The molecule has 0 radical (unpaired) electrons. The van der Waals surface area contributed by atoms with E-state index in [9.17, 15) is 36.7 Å². The van der Waals surface area contributed by atoms with Crippen molar-refractivity contribution < 1.29 is 51.1 Å². The fourth-order valence-electron chi connectivity index (χ4n) is 3.46. The van der Waals surface area contributed by atoms with Crippen LogP contribution in [0.1, 0.15) is 29.8 Å². The number of aliphatic carboxylic acids is 1. The normalized spacial score (nSPS) is 14.9. The molecule has 0 unspecified atom stereocenters. The van der Waals surface area contributed by atoms with Gasteiger partial charge in [0.25, 0.3) is 5.91 Å². The molecule has 2 aromatic rings. The lowest BCUT2D eigenvalue weighted by atomic mass is 9.95. The van der Waals surface area contributed by atoms with Crippen LogP contribution in [0.15, 0.2) is 22.9 Å². The standard InChI is InChI=1S/C21H19F4N3O7/c22-11-7-12(23)18(25)19(17(11)24)34-9-15(29)14(8-16(30)31)26-20(32)10-1-4-28(5-2-10)21(33)13-3-6-35-27-13/h3,6-7,10,14H,1-2,4-5,8-9H2,(H,26,32)(H,30,31)/t14-/m0/s1. The Morgan fingerprint density at radius 1 is 1.14 bits per heavy atom. The summed E-state index contributed by atoms with van der Waals surface area (Å²) in [5, 5.41) is 14.9. The van der Waals surface area contributed by atoms with Crippen molar-refractivity contribution in [1.82, 2.24) is 15.4 Å². The molecule has 1 atom stereocenters.